The van der Waals surface area contributed by atoms with Gasteiger partial charge in [0.1, 0.15) is 5.82 Å². The van der Waals surface area contributed by atoms with Gasteiger partial charge in [0.25, 0.3) is 0 Å². The van der Waals surface area contributed by atoms with Crippen LogP contribution >= 0.6 is 11.6 Å². The molecule has 1 aromatic rings. The second-order valence-electron chi connectivity index (χ2n) is 7.35. The van der Waals surface area contributed by atoms with Gasteiger partial charge in [-0.25, -0.2) is 4.39 Å². The maximum atomic E-state index is 14.0. The summed E-state index contributed by atoms with van der Waals surface area (Å²) in [5.41, 5.74) is 0.627. The molecule has 0 spiro atoms. The number of benzene rings is 1. The lowest BCUT2D eigenvalue weighted by Gasteiger charge is -2.35. The highest BCUT2D eigenvalue weighted by Gasteiger charge is 2.42. The smallest absolute Gasteiger partial charge is 0.191 e. The van der Waals surface area contributed by atoms with Crippen molar-refractivity contribution in [2.24, 2.45) is 4.99 Å². The van der Waals surface area contributed by atoms with E-state index in [0.717, 1.165) is 38.3 Å². The SMILES string of the molecule is CN=C(NC1CCN(C(C)C)CC1)NC1CC1c1c(F)cccc1Cl. The fourth-order valence-electron chi connectivity index (χ4n) is 3.64. The highest BCUT2D eigenvalue weighted by atomic mass is 35.5. The van der Waals surface area contributed by atoms with Crippen molar-refractivity contribution < 1.29 is 4.39 Å². The second kappa shape index (κ2) is 7.92. The molecule has 1 heterocycles. The van der Waals surface area contributed by atoms with Gasteiger partial charge in [-0.2, -0.15) is 0 Å². The number of nitrogens with zero attached hydrogens (tertiary/aromatic N) is 2. The van der Waals surface area contributed by atoms with Gasteiger partial charge in [0.15, 0.2) is 5.96 Å². The minimum Gasteiger partial charge on any atom is -0.354 e. The van der Waals surface area contributed by atoms with E-state index in [9.17, 15) is 4.39 Å². The number of halogens is 2. The molecule has 1 aliphatic heterocycles. The Bertz CT molecular complexity index is 606. The summed E-state index contributed by atoms with van der Waals surface area (Å²) >= 11 is 6.18. The standard InChI is InChI=1S/C19H28ClFN4/c1-12(2)25-9-7-13(8-10-25)23-19(22-3)24-17-11-14(17)18-15(20)5-4-6-16(18)21/h4-6,12-14,17H,7-11H2,1-3H3,(H2,22,23,24). The zero-order chi connectivity index (χ0) is 18.0. The Labute approximate surface area is 154 Å². The Morgan fingerprint density at radius 2 is 2.00 bits per heavy atom. The average Bonchev–Trinajstić information content (AvgIpc) is 3.33. The lowest BCUT2D eigenvalue weighted by molar-refractivity contribution is 0.167. The largest absolute Gasteiger partial charge is 0.354 e. The highest BCUT2D eigenvalue weighted by Crippen LogP contribution is 2.44. The van der Waals surface area contributed by atoms with E-state index in [1.54, 1.807) is 19.2 Å². The second-order valence-corrected chi connectivity index (χ2v) is 7.76. The van der Waals surface area contributed by atoms with Crippen molar-refractivity contribution in [2.45, 2.75) is 57.2 Å². The van der Waals surface area contributed by atoms with Crippen LogP contribution in [0.1, 0.15) is 44.6 Å². The molecule has 1 aliphatic carbocycles. The van der Waals surface area contributed by atoms with Crippen LogP contribution in [0, 0.1) is 5.82 Å². The fourth-order valence-corrected chi connectivity index (χ4v) is 3.94. The summed E-state index contributed by atoms with van der Waals surface area (Å²) in [5.74, 6) is 0.712. The summed E-state index contributed by atoms with van der Waals surface area (Å²) in [4.78, 5) is 6.85. The number of hydrogen-bond donors (Lipinski definition) is 2. The Balaban J connectivity index is 1.51. The summed E-state index contributed by atoms with van der Waals surface area (Å²) in [7, 11) is 1.78. The molecule has 2 unspecified atom stereocenters. The van der Waals surface area contributed by atoms with Gasteiger partial charge >= 0.3 is 0 Å². The van der Waals surface area contributed by atoms with Gasteiger partial charge in [0.05, 0.1) is 0 Å². The van der Waals surface area contributed by atoms with Gasteiger partial charge in [-0.1, -0.05) is 17.7 Å². The van der Waals surface area contributed by atoms with Crippen molar-refractivity contribution in [1.82, 2.24) is 15.5 Å². The number of guanidine groups is 1. The van der Waals surface area contributed by atoms with Crippen LogP contribution in [0.25, 0.3) is 0 Å². The molecule has 0 aromatic heterocycles. The lowest BCUT2D eigenvalue weighted by Crippen LogP contribution is -2.50. The zero-order valence-corrected chi connectivity index (χ0v) is 16.0. The van der Waals surface area contributed by atoms with Crippen LogP contribution < -0.4 is 10.6 Å². The van der Waals surface area contributed by atoms with E-state index in [0.29, 0.717) is 22.7 Å². The molecule has 1 aromatic carbocycles. The van der Waals surface area contributed by atoms with Crippen molar-refractivity contribution in [2.75, 3.05) is 20.1 Å². The van der Waals surface area contributed by atoms with Crippen molar-refractivity contribution in [3.63, 3.8) is 0 Å². The van der Waals surface area contributed by atoms with E-state index in [1.165, 1.54) is 6.07 Å². The summed E-state index contributed by atoms with van der Waals surface area (Å²) in [6, 6.07) is 6.12. The van der Waals surface area contributed by atoms with E-state index in [2.05, 4.69) is 34.4 Å². The van der Waals surface area contributed by atoms with Gasteiger partial charge in [-0.15, -0.1) is 0 Å². The molecule has 1 saturated heterocycles. The average molecular weight is 367 g/mol. The van der Waals surface area contributed by atoms with Crippen LogP contribution in [0.5, 0.6) is 0 Å². The minimum atomic E-state index is -0.217. The number of likely N-dealkylation sites (tertiary alicyclic amines) is 1. The lowest BCUT2D eigenvalue weighted by atomic mass is 10.0. The first kappa shape index (κ1) is 18.5. The predicted molar refractivity (Wildman–Crippen MR) is 102 cm³/mol. The Kier molecular flexibility index (Phi) is 5.85. The van der Waals surface area contributed by atoms with Crippen LogP contribution in [0.15, 0.2) is 23.2 Å². The molecule has 0 radical (unpaired) electrons. The van der Waals surface area contributed by atoms with Gasteiger partial charge in [-0.05, 0) is 45.2 Å². The van der Waals surface area contributed by atoms with E-state index < -0.39 is 0 Å². The fraction of sp³-hybridized carbons (Fsp3) is 0.632. The van der Waals surface area contributed by atoms with Crippen LogP contribution in [-0.2, 0) is 0 Å². The van der Waals surface area contributed by atoms with Crippen LogP contribution in [0.2, 0.25) is 5.02 Å². The predicted octanol–water partition coefficient (Wildman–Crippen LogP) is 3.37. The Morgan fingerprint density at radius 1 is 1.28 bits per heavy atom. The van der Waals surface area contributed by atoms with Crippen molar-refractivity contribution in [3.8, 4) is 0 Å². The van der Waals surface area contributed by atoms with Crippen molar-refractivity contribution in [1.29, 1.82) is 0 Å². The molecule has 138 valence electrons. The van der Waals surface area contributed by atoms with E-state index >= 15 is 0 Å². The van der Waals surface area contributed by atoms with Gasteiger partial charge in [0.2, 0.25) is 0 Å². The molecular formula is C19H28ClFN4. The van der Waals surface area contributed by atoms with E-state index in [1.807, 2.05) is 0 Å². The van der Waals surface area contributed by atoms with Gasteiger partial charge < -0.3 is 15.5 Å². The maximum absolute atomic E-state index is 14.0. The summed E-state index contributed by atoms with van der Waals surface area (Å²) in [5, 5.41) is 7.46. The number of rotatable bonds is 4. The Morgan fingerprint density at radius 3 is 2.60 bits per heavy atom. The molecule has 6 heteroatoms. The van der Waals surface area contributed by atoms with Crippen molar-refractivity contribution in [3.05, 3.63) is 34.6 Å². The first-order valence-electron chi connectivity index (χ1n) is 9.17. The first-order valence-corrected chi connectivity index (χ1v) is 9.55. The number of hydrogen-bond acceptors (Lipinski definition) is 2. The first-order chi connectivity index (χ1) is 12.0. The summed E-state index contributed by atoms with van der Waals surface area (Å²) in [6.45, 7) is 6.72. The molecule has 3 rings (SSSR count). The molecule has 2 atom stereocenters. The molecule has 2 aliphatic rings. The van der Waals surface area contributed by atoms with Gasteiger partial charge in [-0.3, -0.25) is 4.99 Å². The van der Waals surface area contributed by atoms with Crippen LogP contribution in [0.3, 0.4) is 0 Å². The van der Waals surface area contributed by atoms with Crippen LogP contribution in [0.4, 0.5) is 4.39 Å². The van der Waals surface area contributed by atoms with Crippen LogP contribution in [-0.4, -0.2) is 49.1 Å². The van der Waals surface area contributed by atoms with E-state index in [4.69, 9.17) is 11.6 Å². The number of piperidine rings is 1. The minimum absolute atomic E-state index is 0.120. The molecule has 2 N–H and O–H groups in total. The maximum Gasteiger partial charge on any atom is 0.191 e. The molecule has 0 amide bonds. The Hall–Kier alpha value is -1.33. The van der Waals surface area contributed by atoms with Crippen molar-refractivity contribution >= 4 is 17.6 Å². The summed E-state index contributed by atoms with van der Waals surface area (Å²) < 4.78 is 14.0. The monoisotopic (exact) mass is 366 g/mol. The zero-order valence-electron chi connectivity index (χ0n) is 15.2. The third-order valence-electron chi connectivity index (χ3n) is 5.31. The molecule has 4 nitrogen and oxygen atoms in total. The molecular weight excluding hydrogens is 339 g/mol. The van der Waals surface area contributed by atoms with E-state index in [-0.39, 0.29) is 17.8 Å². The highest BCUT2D eigenvalue weighted by molar-refractivity contribution is 6.31. The van der Waals surface area contributed by atoms with Gasteiger partial charge in [0, 0.05) is 54.8 Å². The topological polar surface area (TPSA) is 39.7 Å². The number of aliphatic imine (C=N–C) groups is 1. The number of nitrogens with one attached hydrogen (secondary N) is 2. The summed E-state index contributed by atoms with van der Waals surface area (Å²) in [6.07, 6.45) is 3.12. The third-order valence-corrected chi connectivity index (χ3v) is 5.64. The molecule has 25 heavy (non-hydrogen) atoms. The quantitative estimate of drug-likeness (QED) is 0.634. The molecule has 1 saturated carbocycles. The third kappa shape index (κ3) is 4.45. The molecule has 0 bridgehead atoms. The molecule has 2 fully saturated rings. The normalized spacial score (nSPS) is 25.3.